The summed E-state index contributed by atoms with van der Waals surface area (Å²) in [6.07, 6.45) is 1.02. The topological polar surface area (TPSA) is 47.3 Å². The van der Waals surface area contributed by atoms with E-state index in [-0.39, 0.29) is 5.60 Å². The lowest BCUT2D eigenvalue weighted by Gasteiger charge is -2.20. The zero-order valence-electron chi connectivity index (χ0n) is 9.39. The molecule has 1 unspecified atom stereocenters. The van der Waals surface area contributed by atoms with Crippen LogP contribution in [-0.2, 0) is 4.74 Å². The smallest absolute Gasteiger partial charge is 0.0599 e. The monoisotopic (exact) mass is 188 g/mol. The molecule has 0 aliphatic rings. The van der Waals surface area contributed by atoms with Crippen LogP contribution < -0.4 is 11.1 Å². The van der Waals surface area contributed by atoms with E-state index in [0.29, 0.717) is 6.04 Å². The number of hydrogen-bond acceptors (Lipinski definition) is 3. The summed E-state index contributed by atoms with van der Waals surface area (Å²) >= 11 is 0. The molecule has 1 atom stereocenters. The highest BCUT2D eigenvalue weighted by Crippen LogP contribution is 2.05. The molecular formula is C10H24N2O. The highest BCUT2D eigenvalue weighted by Gasteiger charge is 2.09. The SMILES string of the molecule is CC(CCN)NCCOC(C)(C)C. The predicted octanol–water partition coefficient (Wildman–Crippen LogP) is 1.13. The summed E-state index contributed by atoms with van der Waals surface area (Å²) in [7, 11) is 0. The molecule has 0 aromatic carbocycles. The van der Waals surface area contributed by atoms with Gasteiger partial charge >= 0.3 is 0 Å². The fourth-order valence-corrected chi connectivity index (χ4v) is 1.01. The van der Waals surface area contributed by atoms with Gasteiger partial charge in [0.1, 0.15) is 0 Å². The average Bonchev–Trinajstić information content (AvgIpc) is 1.97. The first-order valence-electron chi connectivity index (χ1n) is 5.03. The van der Waals surface area contributed by atoms with Gasteiger partial charge in [0.25, 0.3) is 0 Å². The second-order valence-corrected chi connectivity index (χ2v) is 4.39. The maximum atomic E-state index is 5.56. The molecule has 0 amide bonds. The van der Waals surface area contributed by atoms with E-state index in [0.717, 1.165) is 26.1 Å². The molecule has 3 N–H and O–H groups in total. The molecular weight excluding hydrogens is 164 g/mol. The molecule has 0 heterocycles. The van der Waals surface area contributed by atoms with Crippen LogP contribution in [0.2, 0.25) is 0 Å². The number of nitrogens with two attached hydrogens (primary N) is 1. The summed E-state index contributed by atoms with van der Waals surface area (Å²) in [5.74, 6) is 0. The zero-order chi connectivity index (χ0) is 10.3. The van der Waals surface area contributed by atoms with Crippen LogP contribution in [0.5, 0.6) is 0 Å². The molecule has 13 heavy (non-hydrogen) atoms. The standard InChI is InChI=1S/C10H24N2O/c1-9(5-6-11)12-7-8-13-10(2,3)4/h9,12H,5-8,11H2,1-4H3. The minimum Gasteiger partial charge on any atom is -0.375 e. The van der Waals surface area contributed by atoms with Gasteiger partial charge in [-0.2, -0.15) is 0 Å². The Morgan fingerprint density at radius 2 is 2.00 bits per heavy atom. The van der Waals surface area contributed by atoms with Crippen molar-refractivity contribution < 1.29 is 4.74 Å². The second kappa shape index (κ2) is 6.35. The second-order valence-electron chi connectivity index (χ2n) is 4.39. The molecule has 0 rings (SSSR count). The Kier molecular flexibility index (Phi) is 6.29. The van der Waals surface area contributed by atoms with Crippen molar-refractivity contribution in [2.75, 3.05) is 19.7 Å². The Hall–Kier alpha value is -0.120. The Morgan fingerprint density at radius 1 is 1.38 bits per heavy atom. The molecule has 0 aromatic heterocycles. The molecule has 0 saturated carbocycles. The Labute approximate surface area is 82.0 Å². The Balaban J connectivity index is 3.25. The third-order valence-corrected chi connectivity index (χ3v) is 1.73. The van der Waals surface area contributed by atoms with Crippen LogP contribution in [0.15, 0.2) is 0 Å². The summed E-state index contributed by atoms with van der Waals surface area (Å²) in [5, 5.41) is 3.35. The van der Waals surface area contributed by atoms with Gasteiger partial charge in [-0.1, -0.05) is 0 Å². The summed E-state index contributed by atoms with van der Waals surface area (Å²) in [6.45, 7) is 10.7. The summed E-state index contributed by atoms with van der Waals surface area (Å²) < 4.78 is 5.56. The molecule has 0 bridgehead atoms. The van der Waals surface area contributed by atoms with Crippen LogP contribution in [0.3, 0.4) is 0 Å². The van der Waals surface area contributed by atoms with Crippen LogP contribution in [-0.4, -0.2) is 31.3 Å². The van der Waals surface area contributed by atoms with Crippen LogP contribution in [0, 0.1) is 0 Å². The fraction of sp³-hybridized carbons (Fsp3) is 1.00. The van der Waals surface area contributed by atoms with Crippen molar-refractivity contribution in [1.29, 1.82) is 0 Å². The van der Waals surface area contributed by atoms with Gasteiger partial charge in [-0.3, -0.25) is 0 Å². The van der Waals surface area contributed by atoms with E-state index >= 15 is 0 Å². The predicted molar refractivity (Wildman–Crippen MR) is 56.8 cm³/mol. The Morgan fingerprint density at radius 3 is 2.46 bits per heavy atom. The van der Waals surface area contributed by atoms with Crippen LogP contribution >= 0.6 is 0 Å². The van der Waals surface area contributed by atoms with Gasteiger partial charge in [-0.05, 0) is 40.7 Å². The largest absolute Gasteiger partial charge is 0.375 e. The fourth-order valence-electron chi connectivity index (χ4n) is 1.01. The third-order valence-electron chi connectivity index (χ3n) is 1.73. The molecule has 0 fully saturated rings. The van der Waals surface area contributed by atoms with Crippen molar-refractivity contribution in [3.05, 3.63) is 0 Å². The van der Waals surface area contributed by atoms with Gasteiger partial charge in [0.2, 0.25) is 0 Å². The van der Waals surface area contributed by atoms with Gasteiger partial charge in [0, 0.05) is 12.6 Å². The van der Waals surface area contributed by atoms with E-state index in [4.69, 9.17) is 10.5 Å². The molecule has 0 aromatic rings. The first-order chi connectivity index (χ1) is 5.95. The van der Waals surface area contributed by atoms with Crippen molar-refractivity contribution in [3.8, 4) is 0 Å². The van der Waals surface area contributed by atoms with E-state index in [9.17, 15) is 0 Å². The normalized spacial score (nSPS) is 14.5. The molecule has 0 radical (unpaired) electrons. The van der Waals surface area contributed by atoms with Crippen molar-refractivity contribution in [2.45, 2.75) is 45.8 Å². The first-order valence-corrected chi connectivity index (χ1v) is 5.03. The molecule has 80 valence electrons. The lowest BCUT2D eigenvalue weighted by Crippen LogP contribution is -2.33. The summed E-state index contributed by atoms with van der Waals surface area (Å²) in [6, 6.07) is 0.494. The molecule has 3 heteroatoms. The van der Waals surface area contributed by atoms with Crippen molar-refractivity contribution in [2.24, 2.45) is 5.73 Å². The van der Waals surface area contributed by atoms with Crippen molar-refractivity contribution in [1.82, 2.24) is 5.32 Å². The molecule has 0 saturated heterocycles. The number of rotatable bonds is 6. The molecule has 0 aliphatic heterocycles. The molecule has 3 nitrogen and oxygen atoms in total. The van der Waals surface area contributed by atoms with Crippen LogP contribution in [0.4, 0.5) is 0 Å². The molecule has 0 spiro atoms. The van der Waals surface area contributed by atoms with E-state index in [1.165, 1.54) is 0 Å². The van der Waals surface area contributed by atoms with Crippen LogP contribution in [0.25, 0.3) is 0 Å². The minimum absolute atomic E-state index is 0.0290. The summed E-state index contributed by atoms with van der Waals surface area (Å²) in [5.41, 5.74) is 5.40. The van der Waals surface area contributed by atoms with Gasteiger partial charge in [0.05, 0.1) is 12.2 Å². The summed E-state index contributed by atoms with van der Waals surface area (Å²) in [4.78, 5) is 0. The van der Waals surface area contributed by atoms with Gasteiger partial charge < -0.3 is 15.8 Å². The maximum absolute atomic E-state index is 5.56. The lowest BCUT2D eigenvalue weighted by atomic mass is 10.2. The van der Waals surface area contributed by atoms with E-state index in [1.54, 1.807) is 0 Å². The van der Waals surface area contributed by atoms with E-state index in [1.807, 2.05) is 0 Å². The highest BCUT2D eigenvalue weighted by molar-refractivity contribution is 4.62. The zero-order valence-corrected chi connectivity index (χ0v) is 9.39. The van der Waals surface area contributed by atoms with E-state index < -0.39 is 0 Å². The van der Waals surface area contributed by atoms with Crippen LogP contribution in [0.1, 0.15) is 34.1 Å². The minimum atomic E-state index is -0.0290. The number of hydrogen-bond donors (Lipinski definition) is 2. The average molecular weight is 188 g/mol. The highest BCUT2D eigenvalue weighted by atomic mass is 16.5. The van der Waals surface area contributed by atoms with Gasteiger partial charge in [0.15, 0.2) is 0 Å². The number of ether oxygens (including phenoxy) is 1. The Bertz CT molecular complexity index is 121. The first kappa shape index (κ1) is 12.9. The van der Waals surface area contributed by atoms with Crippen molar-refractivity contribution in [3.63, 3.8) is 0 Å². The lowest BCUT2D eigenvalue weighted by molar-refractivity contribution is -0.00152. The van der Waals surface area contributed by atoms with Gasteiger partial charge in [-0.15, -0.1) is 0 Å². The maximum Gasteiger partial charge on any atom is 0.0599 e. The van der Waals surface area contributed by atoms with E-state index in [2.05, 4.69) is 33.0 Å². The quantitative estimate of drug-likeness (QED) is 0.614. The number of nitrogens with one attached hydrogen (secondary N) is 1. The van der Waals surface area contributed by atoms with Crippen molar-refractivity contribution >= 4 is 0 Å². The molecule has 0 aliphatic carbocycles. The van der Waals surface area contributed by atoms with Gasteiger partial charge in [-0.25, -0.2) is 0 Å². The third kappa shape index (κ3) is 9.80.